The van der Waals surface area contributed by atoms with Crippen LogP contribution in [0.1, 0.15) is 49.3 Å². The first-order valence-electron chi connectivity index (χ1n) is 13.4. The summed E-state index contributed by atoms with van der Waals surface area (Å²) >= 11 is 0. The monoisotopic (exact) mass is 485 g/mol. The van der Waals surface area contributed by atoms with Gasteiger partial charge in [-0.05, 0) is 75.2 Å². The Labute approximate surface area is 210 Å². The number of likely N-dealkylation sites (tertiary alicyclic amines) is 1. The fourth-order valence-electron chi connectivity index (χ4n) is 5.65. The van der Waals surface area contributed by atoms with E-state index < -0.39 is 6.10 Å². The average molecular weight is 486 g/mol. The smallest absolute Gasteiger partial charge is 0.410 e. The van der Waals surface area contributed by atoms with Crippen molar-refractivity contribution in [1.82, 2.24) is 20.0 Å². The maximum Gasteiger partial charge on any atom is 0.410 e. The lowest BCUT2D eigenvalue weighted by Gasteiger charge is -2.41. The van der Waals surface area contributed by atoms with Crippen LogP contribution >= 0.6 is 0 Å². The van der Waals surface area contributed by atoms with Gasteiger partial charge in [0.25, 0.3) is 5.91 Å². The van der Waals surface area contributed by atoms with Gasteiger partial charge in [-0.3, -0.25) is 9.69 Å². The molecule has 3 aliphatic heterocycles. The topological polar surface area (TPSA) is 91.1 Å². The van der Waals surface area contributed by atoms with Crippen molar-refractivity contribution in [3.05, 3.63) is 28.8 Å². The number of hydrogen-bond acceptors (Lipinski definition) is 6. The number of amides is 2. The van der Waals surface area contributed by atoms with E-state index in [1.54, 1.807) is 4.90 Å². The third-order valence-electron chi connectivity index (χ3n) is 8.09. The average Bonchev–Trinajstić information content (AvgIpc) is 2.87. The van der Waals surface area contributed by atoms with Gasteiger partial charge in [0.05, 0.1) is 0 Å². The predicted molar refractivity (Wildman–Crippen MR) is 138 cm³/mol. The molecule has 0 unspecified atom stereocenters. The highest BCUT2D eigenvalue weighted by Crippen LogP contribution is 2.23. The molecule has 8 nitrogen and oxygen atoms in total. The number of piperazine rings is 1. The molecule has 2 amide bonds. The van der Waals surface area contributed by atoms with Gasteiger partial charge in [-0.25, -0.2) is 4.79 Å². The van der Waals surface area contributed by atoms with E-state index in [4.69, 9.17) is 10.5 Å². The molecule has 3 aliphatic rings. The quantitative estimate of drug-likeness (QED) is 0.623. The maximum atomic E-state index is 13.7. The van der Waals surface area contributed by atoms with Gasteiger partial charge >= 0.3 is 6.09 Å². The van der Waals surface area contributed by atoms with E-state index in [-0.39, 0.29) is 12.0 Å². The van der Waals surface area contributed by atoms with Crippen LogP contribution in [0.4, 0.5) is 10.5 Å². The number of benzene rings is 1. The summed E-state index contributed by atoms with van der Waals surface area (Å²) < 4.78 is 5.94. The van der Waals surface area contributed by atoms with Crippen molar-refractivity contribution >= 4 is 17.7 Å². The number of carbonyl (C=O) groups is 2. The van der Waals surface area contributed by atoms with E-state index >= 15 is 0 Å². The maximum absolute atomic E-state index is 13.7. The van der Waals surface area contributed by atoms with Crippen LogP contribution < -0.4 is 11.1 Å². The number of piperidine rings is 2. The number of anilines is 1. The Morgan fingerprint density at radius 3 is 2.17 bits per heavy atom. The van der Waals surface area contributed by atoms with Gasteiger partial charge in [-0.2, -0.15) is 0 Å². The van der Waals surface area contributed by atoms with E-state index in [0.717, 1.165) is 61.4 Å². The zero-order valence-corrected chi connectivity index (χ0v) is 21.7. The van der Waals surface area contributed by atoms with E-state index in [0.29, 0.717) is 44.6 Å². The lowest BCUT2D eigenvalue weighted by molar-refractivity contribution is -0.143. The molecule has 1 atom stereocenters. The largest absolute Gasteiger partial charge is 0.436 e. The summed E-state index contributed by atoms with van der Waals surface area (Å²) in [6.07, 6.45) is 3.45. The summed E-state index contributed by atoms with van der Waals surface area (Å²) in [4.78, 5) is 32.9. The third-order valence-corrected chi connectivity index (χ3v) is 8.09. The minimum absolute atomic E-state index is 0.0826. The fourth-order valence-corrected chi connectivity index (χ4v) is 5.65. The lowest BCUT2D eigenvalue weighted by atomic mass is 9.99. The van der Waals surface area contributed by atoms with Gasteiger partial charge in [0, 0.05) is 57.4 Å². The summed E-state index contributed by atoms with van der Waals surface area (Å²) in [7, 11) is 0. The normalized spacial score (nSPS) is 21.7. The summed E-state index contributed by atoms with van der Waals surface area (Å²) in [6, 6.07) is 4.62. The van der Waals surface area contributed by atoms with Gasteiger partial charge in [-0.15, -0.1) is 0 Å². The zero-order chi connectivity index (χ0) is 24.9. The van der Waals surface area contributed by atoms with Crippen LogP contribution in [-0.2, 0) is 16.0 Å². The van der Waals surface area contributed by atoms with Crippen molar-refractivity contribution in [3.63, 3.8) is 0 Å². The minimum Gasteiger partial charge on any atom is -0.436 e. The second kappa shape index (κ2) is 11.6. The Morgan fingerprint density at radius 1 is 0.971 bits per heavy atom. The highest BCUT2D eigenvalue weighted by Gasteiger charge is 2.34. The Balaban J connectivity index is 1.44. The molecular formula is C27H43N5O3. The summed E-state index contributed by atoms with van der Waals surface area (Å²) in [5.41, 5.74) is 9.86. The molecule has 0 aromatic heterocycles. The summed E-state index contributed by atoms with van der Waals surface area (Å²) in [5.74, 6) is 0.536. The van der Waals surface area contributed by atoms with E-state index in [1.165, 1.54) is 12.8 Å². The molecule has 4 rings (SSSR count). The van der Waals surface area contributed by atoms with Crippen LogP contribution in [0, 0.1) is 19.8 Å². The van der Waals surface area contributed by atoms with Crippen LogP contribution in [0.15, 0.2) is 12.1 Å². The zero-order valence-electron chi connectivity index (χ0n) is 21.7. The van der Waals surface area contributed by atoms with Crippen LogP contribution in [0.2, 0.25) is 0 Å². The van der Waals surface area contributed by atoms with E-state index in [2.05, 4.69) is 17.1 Å². The minimum atomic E-state index is -0.824. The molecule has 1 aromatic rings. The first-order chi connectivity index (χ1) is 16.8. The molecule has 0 radical (unpaired) electrons. The SMILES string of the molecule is Cc1cc(C[C@@H](OC(=O)N2CCC(C)CC2)C(=O)N2CCN(C3CCNCC3)CC2)cc(C)c1N. The van der Waals surface area contributed by atoms with Crippen molar-refractivity contribution in [2.24, 2.45) is 5.92 Å². The number of aryl methyl sites for hydroxylation is 2. The molecule has 3 saturated heterocycles. The molecule has 1 aromatic carbocycles. The van der Waals surface area contributed by atoms with Gasteiger partial charge in [-0.1, -0.05) is 19.1 Å². The van der Waals surface area contributed by atoms with E-state index in [9.17, 15) is 9.59 Å². The Bertz CT molecular complexity index is 862. The number of carbonyl (C=O) groups excluding carboxylic acids is 2. The summed E-state index contributed by atoms with van der Waals surface area (Å²) in [6.45, 7) is 12.8. The fraction of sp³-hybridized carbons (Fsp3) is 0.704. The highest BCUT2D eigenvalue weighted by molar-refractivity contribution is 5.84. The van der Waals surface area contributed by atoms with E-state index in [1.807, 2.05) is 30.9 Å². The molecule has 3 N–H and O–H groups in total. The number of hydrogen-bond donors (Lipinski definition) is 2. The predicted octanol–water partition coefficient (Wildman–Crippen LogP) is 2.56. The number of ether oxygens (including phenoxy) is 1. The van der Waals surface area contributed by atoms with Crippen molar-refractivity contribution in [2.75, 3.05) is 58.1 Å². The molecule has 8 heteroatoms. The first-order valence-corrected chi connectivity index (χ1v) is 13.4. The second-order valence-corrected chi connectivity index (χ2v) is 10.7. The number of nitrogens with two attached hydrogens (primary N) is 1. The molecule has 0 bridgehead atoms. The van der Waals surface area contributed by atoms with Crippen molar-refractivity contribution in [3.8, 4) is 0 Å². The molecule has 3 fully saturated rings. The number of rotatable bonds is 5. The number of nitrogens with one attached hydrogen (secondary N) is 1. The molecule has 3 heterocycles. The van der Waals surface area contributed by atoms with Crippen LogP contribution in [0.25, 0.3) is 0 Å². The van der Waals surface area contributed by atoms with Crippen molar-refractivity contribution in [1.29, 1.82) is 0 Å². The molecule has 0 spiro atoms. The van der Waals surface area contributed by atoms with Gasteiger partial charge in [0.1, 0.15) is 0 Å². The number of nitrogens with zero attached hydrogens (tertiary/aromatic N) is 3. The van der Waals surface area contributed by atoms with Crippen LogP contribution in [0.3, 0.4) is 0 Å². The van der Waals surface area contributed by atoms with Crippen molar-refractivity contribution in [2.45, 2.75) is 65.0 Å². The van der Waals surface area contributed by atoms with Crippen molar-refractivity contribution < 1.29 is 14.3 Å². The Morgan fingerprint density at radius 2 is 1.57 bits per heavy atom. The summed E-state index contributed by atoms with van der Waals surface area (Å²) in [5, 5.41) is 3.43. The van der Waals surface area contributed by atoms with Gasteiger partial charge in [0.15, 0.2) is 6.10 Å². The highest BCUT2D eigenvalue weighted by atomic mass is 16.6. The third kappa shape index (κ3) is 6.47. The molecule has 0 saturated carbocycles. The van der Waals surface area contributed by atoms with Crippen LogP contribution in [0.5, 0.6) is 0 Å². The lowest BCUT2D eigenvalue weighted by Crippen LogP contribution is -2.56. The Kier molecular flexibility index (Phi) is 8.55. The number of nitrogen functional groups attached to an aromatic ring is 1. The standard InChI is InChI=1S/C27H43N5O3/c1-19-6-10-32(11-7-19)27(34)35-24(18-22-16-20(2)25(28)21(3)17-22)26(33)31-14-12-30(13-15-31)23-4-8-29-9-5-23/h16-17,19,23-24,29H,4-15,18,28H2,1-3H3/t24-/m1/s1. The second-order valence-electron chi connectivity index (χ2n) is 10.7. The van der Waals surface area contributed by atoms with Gasteiger partial charge in [0.2, 0.25) is 0 Å². The first kappa shape index (κ1) is 25.8. The molecule has 0 aliphatic carbocycles. The van der Waals surface area contributed by atoms with Crippen LogP contribution in [-0.4, -0.2) is 91.2 Å². The molecule has 194 valence electrons. The molecule has 35 heavy (non-hydrogen) atoms. The Hall–Kier alpha value is -2.32. The molecular weight excluding hydrogens is 442 g/mol. The van der Waals surface area contributed by atoms with Gasteiger partial charge < -0.3 is 25.6 Å².